The lowest BCUT2D eigenvalue weighted by Gasteiger charge is -2.01. The Hall–Kier alpha value is -0.560. The van der Waals surface area contributed by atoms with Crippen molar-refractivity contribution in [3.8, 4) is 0 Å². The Morgan fingerprint density at radius 2 is 2.18 bits per heavy atom. The molecule has 0 aromatic heterocycles. The van der Waals surface area contributed by atoms with Crippen LogP contribution in [0.5, 0.6) is 0 Å². The van der Waals surface area contributed by atoms with Gasteiger partial charge in [0, 0.05) is 0 Å². The van der Waals surface area contributed by atoms with E-state index in [1.54, 1.807) is 0 Å². The third-order valence-electron chi connectivity index (χ3n) is 1.61. The van der Waals surface area contributed by atoms with Gasteiger partial charge in [0.05, 0.1) is 6.61 Å². The second-order valence-electron chi connectivity index (χ2n) is 2.95. The van der Waals surface area contributed by atoms with Crippen LogP contribution in [0.25, 0.3) is 0 Å². The minimum Gasteiger partial charge on any atom is -0.392 e. The van der Waals surface area contributed by atoms with Gasteiger partial charge >= 0.3 is 0 Å². The zero-order chi connectivity index (χ0) is 8.69. The van der Waals surface area contributed by atoms with Crippen molar-refractivity contribution in [1.82, 2.24) is 0 Å². The van der Waals surface area contributed by atoms with Gasteiger partial charge in [-0.25, -0.2) is 0 Å². The summed E-state index contributed by atoms with van der Waals surface area (Å²) in [4.78, 5) is 0. The average molecular weight is 154 g/mol. The normalized spacial score (nSPS) is 15.8. The number of aliphatic hydroxyl groups excluding tert-OH is 1. The van der Waals surface area contributed by atoms with E-state index in [9.17, 15) is 0 Å². The highest BCUT2D eigenvalue weighted by Gasteiger charge is 1.92. The molecule has 0 heterocycles. The van der Waals surface area contributed by atoms with E-state index in [1.165, 1.54) is 0 Å². The summed E-state index contributed by atoms with van der Waals surface area (Å²) in [6, 6.07) is 0. The minimum absolute atomic E-state index is 0.183. The highest BCUT2D eigenvalue weighted by molar-refractivity contribution is 5.00. The summed E-state index contributed by atoms with van der Waals surface area (Å²) in [5.74, 6) is 0.585. The summed E-state index contributed by atoms with van der Waals surface area (Å²) < 4.78 is 0. The molecule has 0 rings (SSSR count). The number of allylic oxidation sites excluding steroid dienone is 3. The van der Waals surface area contributed by atoms with Crippen molar-refractivity contribution in [1.29, 1.82) is 0 Å². The van der Waals surface area contributed by atoms with E-state index in [0.29, 0.717) is 5.92 Å². The number of hydrogen-bond donors (Lipinski definition) is 1. The molecule has 0 aromatic carbocycles. The molecule has 1 N–H and O–H groups in total. The molecule has 0 amide bonds. The number of aliphatic hydroxyl groups is 1. The first-order valence-electron chi connectivity index (χ1n) is 4.10. The predicted molar refractivity (Wildman–Crippen MR) is 49.4 cm³/mol. The van der Waals surface area contributed by atoms with Crippen LogP contribution >= 0.6 is 0 Å². The van der Waals surface area contributed by atoms with Gasteiger partial charge in [-0.3, -0.25) is 0 Å². The first-order chi connectivity index (χ1) is 5.20. The molecule has 0 fully saturated rings. The van der Waals surface area contributed by atoms with Gasteiger partial charge in [-0.05, 0) is 26.2 Å². The molecule has 1 nitrogen and oxygen atoms in total. The van der Waals surface area contributed by atoms with Crippen LogP contribution in [0.4, 0.5) is 0 Å². The molecule has 1 heteroatoms. The van der Waals surface area contributed by atoms with Gasteiger partial charge in [0.2, 0.25) is 0 Å². The van der Waals surface area contributed by atoms with Gasteiger partial charge in [-0.2, -0.15) is 0 Å². The lowest BCUT2D eigenvalue weighted by Crippen LogP contribution is -1.89. The van der Waals surface area contributed by atoms with E-state index in [2.05, 4.69) is 25.2 Å². The van der Waals surface area contributed by atoms with Crippen LogP contribution in [0.15, 0.2) is 23.8 Å². The third-order valence-corrected chi connectivity index (χ3v) is 1.61. The van der Waals surface area contributed by atoms with Crippen LogP contribution in [0.3, 0.4) is 0 Å². The Bertz CT molecular complexity index is 145. The Balaban J connectivity index is 3.68. The van der Waals surface area contributed by atoms with E-state index in [1.807, 2.05) is 13.8 Å². The first kappa shape index (κ1) is 10.4. The minimum atomic E-state index is 0.183. The van der Waals surface area contributed by atoms with Crippen molar-refractivity contribution >= 4 is 0 Å². The van der Waals surface area contributed by atoms with Gasteiger partial charge in [0.25, 0.3) is 0 Å². The number of rotatable bonds is 4. The smallest absolute Gasteiger partial charge is 0.0639 e. The molecule has 0 spiro atoms. The molecule has 64 valence electrons. The topological polar surface area (TPSA) is 20.2 Å². The van der Waals surface area contributed by atoms with Crippen molar-refractivity contribution in [3.63, 3.8) is 0 Å². The molecule has 0 aliphatic rings. The van der Waals surface area contributed by atoms with E-state index in [0.717, 1.165) is 12.0 Å². The lowest BCUT2D eigenvalue weighted by molar-refractivity contribution is 0.330. The van der Waals surface area contributed by atoms with Gasteiger partial charge in [-0.15, -0.1) is 0 Å². The first-order valence-corrected chi connectivity index (χ1v) is 4.10. The molecule has 11 heavy (non-hydrogen) atoms. The van der Waals surface area contributed by atoms with Gasteiger partial charge in [-0.1, -0.05) is 30.7 Å². The molecule has 0 saturated carbocycles. The Kier molecular flexibility index (Phi) is 5.86. The summed E-state index contributed by atoms with van der Waals surface area (Å²) in [6.45, 7) is 6.32. The third kappa shape index (κ3) is 5.86. The lowest BCUT2D eigenvalue weighted by atomic mass is 10.1. The fourth-order valence-corrected chi connectivity index (χ4v) is 0.859. The summed E-state index contributed by atoms with van der Waals surface area (Å²) >= 11 is 0. The second-order valence-corrected chi connectivity index (χ2v) is 2.95. The molecular weight excluding hydrogens is 136 g/mol. The molecule has 1 atom stereocenters. The quantitative estimate of drug-likeness (QED) is 0.617. The van der Waals surface area contributed by atoms with Crippen molar-refractivity contribution in [2.24, 2.45) is 5.92 Å². The standard InChI is InChI=1S/C10H18O/c1-4-5-9(2)6-7-10(3)8-11/h4-5,7,9,11H,6,8H2,1-3H3. The Morgan fingerprint density at radius 3 is 2.64 bits per heavy atom. The van der Waals surface area contributed by atoms with Crippen LogP contribution in [0.2, 0.25) is 0 Å². The zero-order valence-electron chi connectivity index (χ0n) is 7.67. The molecule has 0 aliphatic carbocycles. The van der Waals surface area contributed by atoms with Gasteiger partial charge in [0.1, 0.15) is 0 Å². The maximum Gasteiger partial charge on any atom is 0.0639 e. The Labute approximate surface area is 69.4 Å². The fourth-order valence-electron chi connectivity index (χ4n) is 0.859. The highest BCUT2D eigenvalue weighted by atomic mass is 16.3. The van der Waals surface area contributed by atoms with Crippen LogP contribution in [0.1, 0.15) is 27.2 Å². The summed E-state index contributed by atoms with van der Waals surface area (Å²) in [5, 5.41) is 8.69. The number of hydrogen-bond acceptors (Lipinski definition) is 1. The molecule has 0 saturated heterocycles. The predicted octanol–water partition coefficient (Wildman–Crippen LogP) is 2.53. The van der Waals surface area contributed by atoms with Crippen LogP contribution < -0.4 is 0 Å². The van der Waals surface area contributed by atoms with Gasteiger partial charge in [0.15, 0.2) is 0 Å². The van der Waals surface area contributed by atoms with E-state index in [4.69, 9.17) is 5.11 Å². The monoisotopic (exact) mass is 154 g/mol. The van der Waals surface area contributed by atoms with E-state index >= 15 is 0 Å². The van der Waals surface area contributed by atoms with Crippen molar-refractivity contribution < 1.29 is 5.11 Å². The molecule has 0 aliphatic heterocycles. The van der Waals surface area contributed by atoms with E-state index in [-0.39, 0.29) is 6.61 Å². The fraction of sp³-hybridized carbons (Fsp3) is 0.600. The molecule has 0 radical (unpaired) electrons. The average Bonchev–Trinajstić information content (AvgIpc) is 2.01. The molecular formula is C10H18O. The second kappa shape index (κ2) is 6.17. The molecule has 0 aromatic rings. The summed E-state index contributed by atoms with van der Waals surface area (Å²) in [5.41, 5.74) is 1.06. The largest absolute Gasteiger partial charge is 0.392 e. The van der Waals surface area contributed by atoms with Crippen LogP contribution in [-0.2, 0) is 0 Å². The van der Waals surface area contributed by atoms with E-state index < -0.39 is 0 Å². The Morgan fingerprint density at radius 1 is 1.55 bits per heavy atom. The van der Waals surface area contributed by atoms with Crippen LogP contribution in [0, 0.1) is 5.92 Å². The maximum atomic E-state index is 8.69. The van der Waals surface area contributed by atoms with Crippen LogP contribution in [-0.4, -0.2) is 11.7 Å². The SMILES string of the molecule is CC=CC(C)CC=C(C)CO. The maximum absolute atomic E-state index is 8.69. The van der Waals surface area contributed by atoms with Crippen molar-refractivity contribution in [3.05, 3.63) is 23.8 Å². The summed E-state index contributed by atoms with van der Waals surface area (Å²) in [6.07, 6.45) is 7.34. The highest BCUT2D eigenvalue weighted by Crippen LogP contribution is 2.06. The summed E-state index contributed by atoms with van der Waals surface area (Å²) in [7, 11) is 0. The van der Waals surface area contributed by atoms with Crippen molar-refractivity contribution in [2.75, 3.05) is 6.61 Å². The van der Waals surface area contributed by atoms with Crippen molar-refractivity contribution in [2.45, 2.75) is 27.2 Å². The van der Waals surface area contributed by atoms with Gasteiger partial charge < -0.3 is 5.11 Å². The zero-order valence-corrected chi connectivity index (χ0v) is 7.67. The molecule has 0 bridgehead atoms. The molecule has 1 unspecified atom stereocenters.